The largest absolute Gasteiger partial charge is 0.480 e. The SMILES string of the molecule is CC[C@H](C)CC(NC(=O)[C@@H]1CCC(=O)N1)N(CC(=O)N[C@@H](CCSC)C(=O)O)Cc1cccc(C)c1C. The Morgan fingerprint density at radius 1 is 1.24 bits per heavy atom. The molecular formula is C27H42N4O5S. The summed E-state index contributed by atoms with van der Waals surface area (Å²) in [6.07, 6.45) is 4.00. The van der Waals surface area contributed by atoms with Crippen molar-refractivity contribution in [1.29, 1.82) is 0 Å². The quantitative estimate of drug-likeness (QED) is 0.255. The van der Waals surface area contributed by atoms with Crippen LogP contribution in [0.5, 0.6) is 0 Å². The van der Waals surface area contributed by atoms with Crippen molar-refractivity contribution < 1.29 is 24.3 Å². The van der Waals surface area contributed by atoms with Gasteiger partial charge in [-0.25, -0.2) is 4.79 Å². The maximum absolute atomic E-state index is 13.1. The van der Waals surface area contributed by atoms with Gasteiger partial charge in [-0.2, -0.15) is 11.8 Å². The fraction of sp³-hybridized carbons (Fsp3) is 0.630. The lowest BCUT2D eigenvalue weighted by Gasteiger charge is -2.35. The van der Waals surface area contributed by atoms with Gasteiger partial charge in [0.15, 0.2) is 0 Å². The van der Waals surface area contributed by atoms with Gasteiger partial charge in [0, 0.05) is 13.0 Å². The van der Waals surface area contributed by atoms with Crippen molar-refractivity contribution in [2.24, 2.45) is 5.92 Å². The van der Waals surface area contributed by atoms with Gasteiger partial charge in [-0.05, 0) is 67.7 Å². The van der Waals surface area contributed by atoms with Crippen molar-refractivity contribution in [2.75, 3.05) is 18.6 Å². The fourth-order valence-corrected chi connectivity index (χ4v) is 4.79. The van der Waals surface area contributed by atoms with Gasteiger partial charge in [0.2, 0.25) is 17.7 Å². The van der Waals surface area contributed by atoms with Crippen LogP contribution in [0.2, 0.25) is 0 Å². The van der Waals surface area contributed by atoms with Crippen molar-refractivity contribution >= 4 is 35.5 Å². The first-order valence-corrected chi connectivity index (χ1v) is 14.3. The summed E-state index contributed by atoms with van der Waals surface area (Å²) in [5.74, 6) is -1.00. The number of nitrogens with one attached hydrogen (secondary N) is 3. The molecule has 1 aromatic rings. The number of hydrogen-bond donors (Lipinski definition) is 4. The molecule has 1 saturated heterocycles. The summed E-state index contributed by atoms with van der Waals surface area (Å²) in [5, 5.41) is 18.0. The molecule has 1 fully saturated rings. The highest BCUT2D eigenvalue weighted by molar-refractivity contribution is 7.98. The molecule has 4 atom stereocenters. The predicted molar refractivity (Wildman–Crippen MR) is 146 cm³/mol. The van der Waals surface area contributed by atoms with E-state index in [1.807, 2.05) is 43.2 Å². The summed E-state index contributed by atoms with van der Waals surface area (Å²) >= 11 is 1.52. The highest BCUT2D eigenvalue weighted by atomic mass is 32.2. The van der Waals surface area contributed by atoms with Crippen LogP contribution in [0.4, 0.5) is 0 Å². The summed E-state index contributed by atoms with van der Waals surface area (Å²) in [6, 6.07) is 4.44. The molecule has 1 aromatic carbocycles. The van der Waals surface area contributed by atoms with E-state index in [2.05, 4.69) is 29.8 Å². The van der Waals surface area contributed by atoms with Gasteiger partial charge in [0.25, 0.3) is 0 Å². The topological polar surface area (TPSA) is 128 Å². The lowest BCUT2D eigenvalue weighted by Crippen LogP contribution is -2.56. The van der Waals surface area contributed by atoms with Crippen LogP contribution in [0.15, 0.2) is 18.2 Å². The van der Waals surface area contributed by atoms with Crippen molar-refractivity contribution in [3.05, 3.63) is 34.9 Å². The maximum Gasteiger partial charge on any atom is 0.326 e. The van der Waals surface area contributed by atoms with Crippen LogP contribution >= 0.6 is 11.8 Å². The molecule has 206 valence electrons. The van der Waals surface area contributed by atoms with Crippen LogP contribution in [0.1, 0.15) is 62.6 Å². The monoisotopic (exact) mass is 534 g/mol. The van der Waals surface area contributed by atoms with E-state index in [0.29, 0.717) is 38.0 Å². The number of benzene rings is 1. The predicted octanol–water partition coefficient (Wildman–Crippen LogP) is 2.59. The first-order chi connectivity index (χ1) is 17.5. The Labute approximate surface area is 224 Å². The third kappa shape index (κ3) is 9.66. The molecule has 1 heterocycles. The summed E-state index contributed by atoms with van der Waals surface area (Å²) < 4.78 is 0. The second kappa shape index (κ2) is 15.0. The van der Waals surface area contributed by atoms with E-state index in [4.69, 9.17) is 0 Å². The van der Waals surface area contributed by atoms with Crippen LogP contribution in [0.25, 0.3) is 0 Å². The highest BCUT2D eigenvalue weighted by Crippen LogP contribution is 2.20. The lowest BCUT2D eigenvalue weighted by atomic mass is 9.99. The normalized spacial score (nSPS) is 17.7. The minimum Gasteiger partial charge on any atom is -0.480 e. The van der Waals surface area contributed by atoms with Crippen LogP contribution in [-0.4, -0.2) is 70.5 Å². The van der Waals surface area contributed by atoms with Gasteiger partial charge in [-0.1, -0.05) is 38.5 Å². The van der Waals surface area contributed by atoms with E-state index in [0.717, 1.165) is 23.1 Å². The molecule has 10 heteroatoms. The van der Waals surface area contributed by atoms with Crippen molar-refractivity contribution in [2.45, 2.75) is 84.6 Å². The molecule has 1 aliphatic heterocycles. The molecule has 3 amide bonds. The molecule has 0 aromatic heterocycles. The summed E-state index contributed by atoms with van der Waals surface area (Å²) in [5.41, 5.74) is 3.26. The van der Waals surface area contributed by atoms with Crippen molar-refractivity contribution in [3.63, 3.8) is 0 Å². The average Bonchev–Trinajstić information content (AvgIpc) is 3.29. The first-order valence-electron chi connectivity index (χ1n) is 13.0. The minimum atomic E-state index is -1.06. The molecular weight excluding hydrogens is 492 g/mol. The first kappa shape index (κ1) is 30.6. The number of amides is 3. The summed E-state index contributed by atoms with van der Waals surface area (Å²) in [6.45, 7) is 8.56. The number of carbonyl (C=O) groups excluding carboxylic acids is 3. The Kier molecular flexibility index (Phi) is 12.4. The Morgan fingerprint density at radius 2 is 1.97 bits per heavy atom. The van der Waals surface area contributed by atoms with Crippen LogP contribution in [0, 0.1) is 19.8 Å². The van der Waals surface area contributed by atoms with E-state index in [1.165, 1.54) is 11.8 Å². The molecule has 2 rings (SSSR count). The molecule has 4 N–H and O–H groups in total. The van der Waals surface area contributed by atoms with E-state index in [1.54, 1.807) is 0 Å². The molecule has 37 heavy (non-hydrogen) atoms. The summed E-state index contributed by atoms with van der Waals surface area (Å²) in [7, 11) is 0. The van der Waals surface area contributed by atoms with Crippen molar-refractivity contribution in [1.82, 2.24) is 20.9 Å². The number of carboxylic acids is 1. The highest BCUT2D eigenvalue weighted by Gasteiger charge is 2.32. The summed E-state index contributed by atoms with van der Waals surface area (Å²) in [4.78, 5) is 51.5. The number of nitrogens with zero attached hydrogens (tertiary/aromatic N) is 1. The number of carboxylic acid groups (broad SMARTS) is 1. The Hall–Kier alpha value is -2.59. The number of carbonyl (C=O) groups is 4. The zero-order valence-corrected chi connectivity index (χ0v) is 23.5. The molecule has 1 unspecified atom stereocenters. The molecule has 9 nitrogen and oxygen atoms in total. The van der Waals surface area contributed by atoms with Gasteiger partial charge in [-0.3, -0.25) is 19.3 Å². The van der Waals surface area contributed by atoms with E-state index < -0.39 is 30.1 Å². The molecule has 0 radical (unpaired) electrons. The molecule has 0 saturated carbocycles. The second-order valence-electron chi connectivity index (χ2n) is 9.94. The van der Waals surface area contributed by atoms with Crippen LogP contribution in [0.3, 0.4) is 0 Å². The second-order valence-corrected chi connectivity index (χ2v) is 10.9. The number of hydrogen-bond acceptors (Lipinski definition) is 6. The fourth-order valence-electron chi connectivity index (χ4n) is 4.32. The van der Waals surface area contributed by atoms with Crippen molar-refractivity contribution in [3.8, 4) is 0 Å². The van der Waals surface area contributed by atoms with Gasteiger partial charge < -0.3 is 21.1 Å². The zero-order chi connectivity index (χ0) is 27.5. The van der Waals surface area contributed by atoms with E-state index >= 15 is 0 Å². The van der Waals surface area contributed by atoms with E-state index in [-0.39, 0.29) is 24.3 Å². The molecule has 1 aliphatic rings. The Balaban J connectivity index is 2.32. The van der Waals surface area contributed by atoms with Gasteiger partial charge in [-0.15, -0.1) is 0 Å². The smallest absolute Gasteiger partial charge is 0.326 e. The van der Waals surface area contributed by atoms with Gasteiger partial charge >= 0.3 is 5.97 Å². The third-order valence-corrected chi connectivity index (χ3v) is 7.71. The lowest BCUT2D eigenvalue weighted by molar-refractivity contribution is -0.142. The standard InChI is InChI=1S/C27H42N4O5S/c1-6-17(2)14-23(30-26(34)21-10-11-24(32)28-21)31(15-20-9-7-8-18(3)19(20)4)16-25(33)29-22(27(35)36)12-13-37-5/h7-9,17,21-23H,6,10-16H2,1-5H3,(H,28,32)(H,29,33)(H,30,34)(H,35,36)/t17-,21-,22-,23?/m0/s1. The number of rotatable bonds is 15. The maximum atomic E-state index is 13.1. The van der Waals surface area contributed by atoms with Gasteiger partial charge in [0.1, 0.15) is 12.1 Å². The Bertz CT molecular complexity index is 957. The number of aliphatic carboxylic acids is 1. The van der Waals surface area contributed by atoms with E-state index in [9.17, 15) is 24.3 Å². The molecule has 0 aliphatic carbocycles. The van der Waals surface area contributed by atoms with Crippen LogP contribution < -0.4 is 16.0 Å². The Morgan fingerprint density at radius 3 is 2.57 bits per heavy atom. The number of thioether (sulfide) groups is 1. The average molecular weight is 535 g/mol. The minimum absolute atomic E-state index is 0.0746. The zero-order valence-electron chi connectivity index (χ0n) is 22.6. The number of aryl methyl sites for hydroxylation is 1. The van der Waals surface area contributed by atoms with Crippen LogP contribution in [-0.2, 0) is 25.7 Å². The molecule has 0 spiro atoms. The van der Waals surface area contributed by atoms with Gasteiger partial charge in [0.05, 0.1) is 12.7 Å². The molecule has 0 bridgehead atoms. The third-order valence-electron chi connectivity index (χ3n) is 7.06.